The Hall–Kier alpha value is -0.410. The number of piperidine rings is 1. The molecule has 2 atom stereocenters. The minimum atomic E-state index is 0.133. The number of rotatable bonds is 4. The third-order valence-electron chi connectivity index (χ3n) is 2.99. The second-order valence-corrected chi connectivity index (χ2v) is 4.16. The Morgan fingerprint density at radius 3 is 2.86 bits per heavy atom. The Kier molecular flexibility index (Phi) is 4.55. The van der Waals surface area contributed by atoms with Gasteiger partial charge in [0.25, 0.3) is 0 Å². The molecule has 0 amide bonds. The Bertz CT molecular complexity index is 194. The molecule has 0 aliphatic carbocycles. The van der Waals surface area contributed by atoms with E-state index in [4.69, 9.17) is 4.74 Å². The molecule has 1 aliphatic heterocycles. The van der Waals surface area contributed by atoms with Gasteiger partial charge in [-0.2, -0.15) is 0 Å². The van der Waals surface area contributed by atoms with Crippen molar-refractivity contribution >= 4 is 5.78 Å². The van der Waals surface area contributed by atoms with Gasteiger partial charge in [-0.05, 0) is 33.2 Å². The summed E-state index contributed by atoms with van der Waals surface area (Å²) >= 11 is 0. The van der Waals surface area contributed by atoms with Crippen LogP contribution in [-0.2, 0) is 9.53 Å². The quantitative estimate of drug-likeness (QED) is 0.686. The molecule has 1 saturated heterocycles. The van der Waals surface area contributed by atoms with Crippen LogP contribution >= 0.6 is 0 Å². The molecule has 1 aliphatic rings. The van der Waals surface area contributed by atoms with Crippen LogP contribution in [0.4, 0.5) is 0 Å². The fraction of sp³-hybridized carbons (Fsp3) is 0.909. The highest BCUT2D eigenvalue weighted by atomic mass is 16.5. The molecule has 0 aromatic carbocycles. The lowest BCUT2D eigenvalue weighted by Gasteiger charge is -2.38. The Morgan fingerprint density at radius 1 is 1.57 bits per heavy atom. The van der Waals surface area contributed by atoms with Gasteiger partial charge in [-0.25, -0.2) is 0 Å². The van der Waals surface area contributed by atoms with Crippen molar-refractivity contribution in [1.29, 1.82) is 0 Å². The Labute approximate surface area is 86.4 Å². The molecule has 2 unspecified atom stereocenters. The number of Topliss-reactive ketones (excluding diaryl/α,β-unsaturated/α-hetero) is 1. The maximum absolute atomic E-state index is 11.4. The van der Waals surface area contributed by atoms with Crippen molar-refractivity contribution < 1.29 is 9.53 Å². The Balaban J connectivity index is 2.57. The zero-order valence-electron chi connectivity index (χ0n) is 9.45. The molecule has 1 rings (SSSR count). The van der Waals surface area contributed by atoms with E-state index >= 15 is 0 Å². The predicted octanol–water partition coefficient (Wildman–Crippen LogP) is 1.46. The van der Waals surface area contributed by atoms with Crippen molar-refractivity contribution in [3.63, 3.8) is 0 Å². The first kappa shape index (κ1) is 11.7. The molecule has 3 nitrogen and oxygen atoms in total. The lowest BCUT2D eigenvalue weighted by atomic mass is 9.97. The Morgan fingerprint density at radius 2 is 2.29 bits per heavy atom. The second kappa shape index (κ2) is 5.47. The summed E-state index contributed by atoms with van der Waals surface area (Å²) in [5.41, 5.74) is 0. The number of nitrogens with zero attached hydrogens (tertiary/aromatic N) is 1. The maximum Gasteiger partial charge on any atom is 0.146 e. The molecule has 0 radical (unpaired) electrons. The molecule has 0 bridgehead atoms. The van der Waals surface area contributed by atoms with E-state index in [0.717, 1.165) is 13.0 Å². The van der Waals surface area contributed by atoms with Crippen molar-refractivity contribution in [3.05, 3.63) is 0 Å². The maximum atomic E-state index is 11.4. The second-order valence-electron chi connectivity index (χ2n) is 4.16. The first-order chi connectivity index (χ1) is 6.66. The van der Waals surface area contributed by atoms with E-state index in [1.54, 1.807) is 14.0 Å². The first-order valence-corrected chi connectivity index (χ1v) is 5.42. The van der Waals surface area contributed by atoms with E-state index in [0.29, 0.717) is 18.4 Å². The van der Waals surface area contributed by atoms with Crippen molar-refractivity contribution in [1.82, 2.24) is 4.90 Å². The van der Waals surface area contributed by atoms with Crippen LogP contribution in [0.25, 0.3) is 0 Å². The topological polar surface area (TPSA) is 29.5 Å². The van der Waals surface area contributed by atoms with Crippen LogP contribution in [0.15, 0.2) is 0 Å². The van der Waals surface area contributed by atoms with Crippen LogP contribution in [0.5, 0.6) is 0 Å². The number of hydrogen-bond donors (Lipinski definition) is 0. The highest BCUT2D eigenvalue weighted by Crippen LogP contribution is 2.20. The lowest BCUT2D eigenvalue weighted by Crippen LogP contribution is -2.49. The van der Waals surface area contributed by atoms with Crippen LogP contribution in [0.3, 0.4) is 0 Å². The molecule has 0 aromatic heterocycles. The summed E-state index contributed by atoms with van der Waals surface area (Å²) < 4.78 is 5.13. The minimum absolute atomic E-state index is 0.133. The van der Waals surface area contributed by atoms with Crippen LogP contribution in [0, 0.1) is 0 Å². The first-order valence-electron chi connectivity index (χ1n) is 5.42. The van der Waals surface area contributed by atoms with Crippen molar-refractivity contribution in [3.8, 4) is 0 Å². The van der Waals surface area contributed by atoms with Gasteiger partial charge in [-0.15, -0.1) is 0 Å². The molecular weight excluding hydrogens is 178 g/mol. The summed E-state index contributed by atoms with van der Waals surface area (Å²) in [6.07, 6.45) is 3.40. The standard InChI is InChI=1S/C11H21NO2/c1-9(8-14-3)12-7-5-4-6-11(12)10(2)13/h9,11H,4-8H2,1-3H3. The van der Waals surface area contributed by atoms with E-state index in [1.807, 2.05) is 0 Å². The van der Waals surface area contributed by atoms with Gasteiger partial charge in [0.2, 0.25) is 0 Å². The fourth-order valence-electron chi connectivity index (χ4n) is 2.26. The fourth-order valence-corrected chi connectivity index (χ4v) is 2.26. The zero-order chi connectivity index (χ0) is 10.6. The van der Waals surface area contributed by atoms with Crippen LogP contribution in [0.2, 0.25) is 0 Å². The van der Waals surface area contributed by atoms with Crippen LogP contribution < -0.4 is 0 Å². The number of hydrogen-bond acceptors (Lipinski definition) is 3. The molecule has 0 saturated carbocycles. The monoisotopic (exact) mass is 199 g/mol. The molecular formula is C11H21NO2. The van der Waals surface area contributed by atoms with Gasteiger partial charge in [-0.1, -0.05) is 6.42 Å². The SMILES string of the molecule is COCC(C)N1CCCCC1C(C)=O. The van der Waals surface area contributed by atoms with E-state index in [1.165, 1.54) is 12.8 Å². The minimum Gasteiger partial charge on any atom is -0.383 e. The summed E-state index contributed by atoms with van der Waals surface area (Å²) in [4.78, 5) is 13.7. The normalized spacial score (nSPS) is 26.1. The molecule has 0 aromatic rings. The van der Waals surface area contributed by atoms with Gasteiger partial charge in [-0.3, -0.25) is 9.69 Å². The number of likely N-dealkylation sites (tertiary alicyclic amines) is 1. The average molecular weight is 199 g/mol. The molecule has 14 heavy (non-hydrogen) atoms. The van der Waals surface area contributed by atoms with Crippen molar-refractivity contribution in [2.24, 2.45) is 0 Å². The third-order valence-corrected chi connectivity index (χ3v) is 2.99. The van der Waals surface area contributed by atoms with Gasteiger partial charge in [0.15, 0.2) is 0 Å². The van der Waals surface area contributed by atoms with E-state index < -0.39 is 0 Å². The smallest absolute Gasteiger partial charge is 0.146 e. The third kappa shape index (κ3) is 2.79. The van der Waals surface area contributed by atoms with Crippen molar-refractivity contribution in [2.45, 2.75) is 45.2 Å². The van der Waals surface area contributed by atoms with E-state index in [-0.39, 0.29) is 6.04 Å². The zero-order valence-corrected chi connectivity index (χ0v) is 9.45. The van der Waals surface area contributed by atoms with E-state index in [2.05, 4.69) is 11.8 Å². The molecule has 1 heterocycles. The lowest BCUT2D eigenvalue weighted by molar-refractivity contribution is -0.124. The highest BCUT2D eigenvalue weighted by molar-refractivity contribution is 5.81. The predicted molar refractivity (Wildman–Crippen MR) is 56.4 cm³/mol. The molecule has 82 valence electrons. The van der Waals surface area contributed by atoms with Crippen LogP contribution in [-0.4, -0.2) is 43.0 Å². The van der Waals surface area contributed by atoms with Crippen LogP contribution in [0.1, 0.15) is 33.1 Å². The largest absolute Gasteiger partial charge is 0.383 e. The molecule has 1 fully saturated rings. The van der Waals surface area contributed by atoms with Crippen molar-refractivity contribution in [2.75, 3.05) is 20.3 Å². The summed E-state index contributed by atoms with van der Waals surface area (Å²) in [6.45, 7) is 5.58. The molecule has 0 N–H and O–H groups in total. The van der Waals surface area contributed by atoms with Gasteiger partial charge < -0.3 is 4.74 Å². The molecule has 0 spiro atoms. The number of carbonyl (C=O) groups excluding carboxylic acids is 1. The summed E-state index contributed by atoms with van der Waals surface area (Å²) in [6, 6.07) is 0.489. The van der Waals surface area contributed by atoms with E-state index in [9.17, 15) is 4.79 Å². The number of ketones is 1. The summed E-state index contributed by atoms with van der Waals surface area (Å²) in [5.74, 6) is 0.299. The van der Waals surface area contributed by atoms with Gasteiger partial charge in [0.1, 0.15) is 5.78 Å². The number of ether oxygens (including phenoxy) is 1. The summed E-state index contributed by atoms with van der Waals surface area (Å²) in [7, 11) is 1.71. The van der Waals surface area contributed by atoms with Gasteiger partial charge >= 0.3 is 0 Å². The average Bonchev–Trinajstić information content (AvgIpc) is 2.18. The van der Waals surface area contributed by atoms with Gasteiger partial charge in [0.05, 0.1) is 12.6 Å². The van der Waals surface area contributed by atoms with Gasteiger partial charge in [0, 0.05) is 13.2 Å². The number of methoxy groups -OCH3 is 1. The summed E-state index contributed by atoms with van der Waals surface area (Å²) in [5, 5.41) is 0. The molecule has 3 heteroatoms. The number of carbonyl (C=O) groups is 1. The highest BCUT2D eigenvalue weighted by Gasteiger charge is 2.29.